The molecule has 1 aliphatic heterocycles. The normalized spacial score (nSPS) is 13.2. The molecule has 0 aliphatic carbocycles. The van der Waals surface area contributed by atoms with Gasteiger partial charge in [0, 0.05) is 22.0 Å². The number of rotatable bonds is 5. The molecule has 0 saturated heterocycles. The molecule has 0 fully saturated rings. The molecule has 5 heteroatoms. The molecule has 0 amide bonds. The van der Waals surface area contributed by atoms with Gasteiger partial charge in [-0.15, -0.1) is 0 Å². The minimum Gasteiger partial charge on any atom is -1.00 e. The van der Waals surface area contributed by atoms with Gasteiger partial charge in [0.05, 0.1) is 24.0 Å². The van der Waals surface area contributed by atoms with Crippen molar-refractivity contribution in [3.63, 3.8) is 0 Å². The lowest BCUT2D eigenvalue weighted by atomic mass is 10.2. The molecular formula is C22H22ClN2OS-. The van der Waals surface area contributed by atoms with Gasteiger partial charge in [-0.1, -0.05) is 53.7 Å². The Morgan fingerprint density at radius 3 is 2.04 bits per heavy atom. The maximum Gasteiger partial charge on any atom is 0.0891 e. The Balaban J connectivity index is 0.00000210. The van der Waals surface area contributed by atoms with Gasteiger partial charge in [0.2, 0.25) is 0 Å². The summed E-state index contributed by atoms with van der Waals surface area (Å²) >= 11 is 1.79. The first kappa shape index (κ1) is 19.6. The van der Waals surface area contributed by atoms with Crippen molar-refractivity contribution in [2.75, 3.05) is 23.3 Å². The number of aliphatic hydroxyl groups is 1. The summed E-state index contributed by atoms with van der Waals surface area (Å²) in [5, 5.41) is 14.0. The Kier molecular flexibility index (Phi) is 6.32. The van der Waals surface area contributed by atoms with Crippen LogP contribution in [0.1, 0.15) is 5.56 Å². The van der Waals surface area contributed by atoms with Crippen LogP contribution in [0.2, 0.25) is 0 Å². The summed E-state index contributed by atoms with van der Waals surface area (Å²) < 4.78 is 0. The molecule has 0 bridgehead atoms. The Bertz CT molecular complexity index is 855. The second-order valence-corrected chi connectivity index (χ2v) is 7.63. The number of aryl methyl sites for hydroxylation is 1. The number of nitrogens with one attached hydrogen (secondary N) is 1. The van der Waals surface area contributed by atoms with Crippen LogP contribution in [0, 0.1) is 6.92 Å². The van der Waals surface area contributed by atoms with Crippen molar-refractivity contribution in [3.8, 4) is 0 Å². The molecule has 3 nitrogen and oxygen atoms in total. The topological polar surface area (TPSA) is 35.5 Å². The third-order valence-corrected chi connectivity index (χ3v) is 5.65. The first-order valence-corrected chi connectivity index (χ1v) is 9.64. The number of fused-ring (bicyclic) bond motifs is 2. The minimum absolute atomic E-state index is 0. The number of hydrogen-bond acceptors (Lipinski definition) is 4. The highest BCUT2D eigenvalue weighted by Gasteiger charge is 2.24. The van der Waals surface area contributed by atoms with Crippen LogP contribution in [-0.4, -0.2) is 24.3 Å². The van der Waals surface area contributed by atoms with Crippen LogP contribution in [0.5, 0.6) is 0 Å². The van der Waals surface area contributed by atoms with Gasteiger partial charge in [-0.3, -0.25) is 0 Å². The van der Waals surface area contributed by atoms with E-state index in [2.05, 4.69) is 77.8 Å². The third kappa shape index (κ3) is 4.41. The van der Waals surface area contributed by atoms with E-state index in [1.165, 1.54) is 15.4 Å². The Morgan fingerprint density at radius 1 is 0.889 bits per heavy atom. The van der Waals surface area contributed by atoms with Crippen molar-refractivity contribution in [1.29, 1.82) is 0 Å². The zero-order chi connectivity index (χ0) is 17.9. The van der Waals surface area contributed by atoms with E-state index in [1.54, 1.807) is 11.8 Å². The molecule has 0 spiro atoms. The van der Waals surface area contributed by atoms with Gasteiger partial charge in [-0.05, 0) is 43.3 Å². The number of halogens is 1. The number of para-hydroxylation sites is 2. The number of aliphatic hydroxyl groups excluding tert-OH is 1. The second-order valence-electron chi connectivity index (χ2n) is 6.55. The minimum atomic E-state index is -0.486. The molecule has 1 atom stereocenters. The molecule has 1 aliphatic rings. The van der Waals surface area contributed by atoms with Crippen LogP contribution in [0.25, 0.3) is 0 Å². The standard InChI is InChI=1S/C22H22N2OS.ClH/c1-16-10-12-17(13-11-16)23-14-18(25)15-24-19-6-2-4-8-21(19)26-22-9-5-3-7-20(22)24;/h2-13,18,23,25H,14-15H2,1H3;1H/p-1. The summed E-state index contributed by atoms with van der Waals surface area (Å²) in [6, 6.07) is 25.0. The van der Waals surface area contributed by atoms with E-state index in [0.29, 0.717) is 13.1 Å². The molecule has 1 unspecified atom stereocenters. The molecule has 3 aromatic carbocycles. The molecule has 27 heavy (non-hydrogen) atoms. The molecule has 0 radical (unpaired) electrons. The highest BCUT2D eigenvalue weighted by molar-refractivity contribution is 7.99. The van der Waals surface area contributed by atoms with Gasteiger partial charge in [-0.2, -0.15) is 0 Å². The van der Waals surface area contributed by atoms with Crippen molar-refractivity contribution in [1.82, 2.24) is 0 Å². The van der Waals surface area contributed by atoms with Crippen LogP contribution in [-0.2, 0) is 0 Å². The Morgan fingerprint density at radius 2 is 1.44 bits per heavy atom. The van der Waals surface area contributed by atoms with Crippen LogP contribution < -0.4 is 22.6 Å². The maximum absolute atomic E-state index is 10.7. The number of hydrogen-bond donors (Lipinski definition) is 2. The lowest BCUT2D eigenvalue weighted by molar-refractivity contribution is -0.00000697. The Labute approximate surface area is 170 Å². The monoisotopic (exact) mass is 397 g/mol. The quantitative estimate of drug-likeness (QED) is 0.691. The summed E-state index contributed by atoms with van der Waals surface area (Å²) in [7, 11) is 0. The second kappa shape index (κ2) is 8.70. The highest BCUT2D eigenvalue weighted by Crippen LogP contribution is 2.47. The van der Waals surface area contributed by atoms with Crippen molar-refractivity contribution in [2.45, 2.75) is 22.8 Å². The highest BCUT2D eigenvalue weighted by atomic mass is 35.5. The average Bonchev–Trinajstić information content (AvgIpc) is 2.67. The van der Waals surface area contributed by atoms with Gasteiger partial charge in [-0.25, -0.2) is 0 Å². The zero-order valence-electron chi connectivity index (χ0n) is 15.1. The molecule has 2 N–H and O–H groups in total. The van der Waals surface area contributed by atoms with Gasteiger partial charge < -0.3 is 27.7 Å². The van der Waals surface area contributed by atoms with Gasteiger partial charge >= 0.3 is 0 Å². The maximum atomic E-state index is 10.7. The smallest absolute Gasteiger partial charge is 0.0891 e. The summed E-state index contributed by atoms with van der Waals surface area (Å²) in [6.07, 6.45) is -0.486. The number of nitrogens with zero attached hydrogens (tertiary/aromatic N) is 1. The van der Waals surface area contributed by atoms with Crippen LogP contribution >= 0.6 is 11.8 Å². The number of anilines is 3. The molecule has 0 saturated carbocycles. The van der Waals surface area contributed by atoms with E-state index in [0.717, 1.165) is 17.1 Å². The fraction of sp³-hybridized carbons (Fsp3) is 0.182. The van der Waals surface area contributed by atoms with E-state index in [4.69, 9.17) is 0 Å². The van der Waals surface area contributed by atoms with Crippen molar-refractivity contribution in [2.24, 2.45) is 0 Å². The van der Waals surface area contributed by atoms with Crippen molar-refractivity contribution >= 4 is 28.8 Å². The van der Waals surface area contributed by atoms with Gasteiger partial charge in [0.1, 0.15) is 0 Å². The molecule has 0 aromatic heterocycles. The Hall–Kier alpha value is -2.14. The summed E-state index contributed by atoms with van der Waals surface area (Å²) in [5.74, 6) is 0. The lowest BCUT2D eigenvalue weighted by Gasteiger charge is -2.34. The van der Waals surface area contributed by atoms with E-state index < -0.39 is 6.10 Å². The molecule has 140 valence electrons. The first-order chi connectivity index (χ1) is 12.7. The largest absolute Gasteiger partial charge is 1.00 e. The summed E-state index contributed by atoms with van der Waals surface area (Å²) in [5.41, 5.74) is 4.58. The first-order valence-electron chi connectivity index (χ1n) is 8.83. The van der Waals surface area contributed by atoms with E-state index in [9.17, 15) is 5.11 Å². The van der Waals surface area contributed by atoms with E-state index in [-0.39, 0.29) is 12.4 Å². The number of benzene rings is 3. The van der Waals surface area contributed by atoms with Crippen molar-refractivity contribution < 1.29 is 17.5 Å². The van der Waals surface area contributed by atoms with Crippen molar-refractivity contribution in [3.05, 3.63) is 78.4 Å². The SMILES string of the molecule is Cc1ccc(NCC(O)CN2c3ccccc3Sc3ccccc32)cc1.[Cl-]. The summed E-state index contributed by atoms with van der Waals surface area (Å²) in [4.78, 5) is 4.68. The fourth-order valence-corrected chi connectivity index (χ4v) is 4.26. The van der Waals surface area contributed by atoms with Crippen LogP contribution in [0.3, 0.4) is 0 Å². The van der Waals surface area contributed by atoms with Gasteiger partial charge in [0.25, 0.3) is 0 Å². The third-order valence-electron chi connectivity index (χ3n) is 4.52. The molecule has 4 rings (SSSR count). The lowest BCUT2D eigenvalue weighted by Crippen LogP contribution is -3.00. The predicted molar refractivity (Wildman–Crippen MR) is 110 cm³/mol. The number of β-amino-alcohol motifs (C(OH)–C–C–N with tert-alkyl or cyclic N) is 1. The van der Waals surface area contributed by atoms with E-state index >= 15 is 0 Å². The van der Waals surface area contributed by atoms with Crippen LogP contribution in [0.15, 0.2) is 82.6 Å². The van der Waals surface area contributed by atoms with Crippen LogP contribution in [0.4, 0.5) is 17.1 Å². The predicted octanol–water partition coefficient (Wildman–Crippen LogP) is 2.07. The zero-order valence-corrected chi connectivity index (χ0v) is 16.7. The van der Waals surface area contributed by atoms with Gasteiger partial charge in [0.15, 0.2) is 0 Å². The average molecular weight is 398 g/mol. The fourth-order valence-electron chi connectivity index (χ4n) is 3.16. The molecule has 3 aromatic rings. The van der Waals surface area contributed by atoms with E-state index in [1.807, 2.05) is 12.1 Å². The molecule has 1 heterocycles. The molecular weight excluding hydrogens is 376 g/mol. The summed E-state index contributed by atoms with van der Waals surface area (Å²) in [6.45, 7) is 3.13.